The highest BCUT2D eigenvalue weighted by Gasteiger charge is 2.12. The molecule has 0 fully saturated rings. The molecule has 0 radical (unpaired) electrons. The Morgan fingerprint density at radius 2 is 1.89 bits per heavy atom. The number of ether oxygens (including phenoxy) is 2. The minimum atomic E-state index is -0.545. The van der Waals surface area contributed by atoms with Crippen LogP contribution >= 0.6 is 0 Å². The summed E-state index contributed by atoms with van der Waals surface area (Å²) in [5.41, 5.74) is 0.944. The molecule has 6 heteroatoms. The van der Waals surface area contributed by atoms with Crippen molar-refractivity contribution in [3.8, 4) is 5.88 Å². The molecular weight excluding hydrogens is 246 g/mol. The fraction of sp³-hybridized carbons (Fsp3) is 0.154. The molecule has 0 aliphatic rings. The number of benzene rings is 1. The summed E-state index contributed by atoms with van der Waals surface area (Å²) in [7, 11) is 2.76. The molecule has 0 saturated heterocycles. The van der Waals surface area contributed by atoms with Crippen LogP contribution < -0.4 is 10.1 Å². The summed E-state index contributed by atoms with van der Waals surface area (Å²) in [5, 5.41) is 2.99. The lowest BCUT2D eigenvalue weighted by atomic mass is 10.3. The number of carbonyl (C=O) groups is 1. The van der Waals surface area contributed by atoms with E-state index in [9.17, 15) is 4.79 Å². The predicted molar refractivity (Wildman–Crippen MR) is 69.6 cm³/mol. The molecular formula is C13H13N3O3. The van der Waals surface area contributed by atoms with E-state index in [0.717, 1.165) is 5.69 Å². The monoisotopic (exact) mass is 259 g/mol. The number of methoxy groups -OCH3 is 2. The standard InChI is InChI=1S/C13H13N3O3/c1-18-11-8-10(12(17)19-2)15-13(16-11)14-9-6-4-3-5-7-9/h3-8H,1-2H3,(H,14,15,16). The van der Waals surface area contributed by atoms with Crippen molar-refractivity contribution in [1.29, 1.82) is 0 Å². The summed E-state index contributed by atoms with van der Waals surface area (Å²) in [6.07, 6.45) is 0. The third-order valence-electron chi connectivity index (χ3n) is 2.34. The van der Waals surface area contributed by atoms with Gasteiger partial charge in [0.25, 0.3) is 0 Å². The maximum Gasteiger partial charge on any atom is 0.357 e. The Morgan fingerprint density at radius 1 is 1.16 bits per heavy atom. The van der Waals surface area contributed by atoms with Gasteiger partial charge < -0.3 is 14.8 Å². The molecule has 0 saturated carbocycles. The van der Waals surface area contributed by atoms with Crippen molar-refractivity contribution >= 4 is 17.6 Å². The van der Waals surface area contributed by atoms with Crippen molar-refractivity contribution in [3.05, 3.63) is 42.1 Å². The molecule has 1 heterocycles. The van der Waals surface area contributed by atoms with Gasteiger partial charge in [-0.1, -0.05) is 18.2 Å². The molecule has 0 atom stereocenters. The molecule has 0 amide bonds. The van der Waals surface area contributed by atoms with Crippen LogP contribution in [0, 0.1) is 0 Å². The molecule has 0 aliphatic carbocycles. The molecule has 1 N–H and O–H groups in total. The lowest BCUT2D eigenvalue weighted by molar-refractivity contribution is 0.0593. The lowest BCUT2D eigenvalue weighted by Gasteiger charge is -2.08. The van der Waals surface area contributed by atoms with Crippen molar-refractivity contribution in [2.45, 2.75) is 0 Å². The molecule has 0 bridgehead atoms. The molecule has 1 aromatic heterocycles. The number of nitrogens with zero attached hydrogens (tertiary/aromatic N) is 2. The third-order valence-corrected chi connectivity index (χ3v) is 2.34. The molecule has 0 unspecified atom stereocenters. The fourth-order valence-corrected chi connectivity index (χ4v) is 1.45. The predicted octanol–water partition coefficient (Wildman–Crippen LogP) is 2.02. The van der Waals surface area contributed by atoms with Gasteiger partial charge in [0.1, 0.15) is 0 Å². The van der Waals surface area contributed by atoms with Crippen molar-refractivity contribution < 1.29 is 14.3 Å². The van der Waals surface area contributed by atoms with Gasteiger partial charge in [-0.15, -0.1) is 0 Å². The number of para-hydroxylation sites is 1. The summed E-state index contributed by atoms with van der Waals surface area (Å²) in [6, 6.07) is 10.8. The first-order valence-electron chi connectivity index (χ1n) is 5.56. The summed E-state index contributed by atoms with van der Waals surface area (Å²) in [4.78, 5) is 19.7. The highest BCUT2D eigenvalue weighted by molar-refractivity contribution is 5.87. The van der Waals surface area contributed by atoms with Crippen LogP contribution in [0.5, 0.6) is 5.88 Å². The minimum Gasteiger partial charge on any atom is -0.481 e. The Labute approximate surface area is 110 Å². The number of nitrogens with one attached hydrogen (secondary N) is 1. The minimum absolute atomic E-state index is 0.132. The Hall–Kier alpha value is -2.63. The van der Waals surface area contributed by atoms with Crippen molar-refractivity contribution in [2.75, 3.05) is 19.5 Å². The van der Waals surface area contributed by atoms with Crippen LogP contribution in [0.2, 0.25) is 0 Å². The normalized spacial score (nSPS) is 9.79. The zero-order valence-corrected chi connectivity index (χ0v) is 10.6. The highest BCUT2D eigenvalue weighted by Crippen LogP contribution is 2.17. The first kappa shape index (κ1) is 12.8. The van der Waals surface area contributed by atoms with Gasteiger partial charge in [-0.2, -0.15) is 4.98 Å². The van der Waals surface area contributed by atoms with Crippen LogP contribution in [0.25, 0.3) is 0 Å². The maximum atomic E-state index is 11.5. The van der Waals surface area contributed by atoms with E-state index in [4.69, 9.17) is 4.74 Å². The number of anilines is 2. The van der Waals surface area contributed by atoms with Crippen molar-refractivity contribution in [3.63, 3.8) is 0 Å². The number of carbonyl (C=O) groups excluding carboxylic acids is 1. The molecule has 19 heavy (non-hydrogen) atoms. The van der Waals surface area contributed by atoms with Crippen LogP contribution in [0.15, 0.2) is 36.4 Å². The summed E-state index contributed by atoms with van der Waals surface area (Å²) in [6.45, 7) is 0. The molecule has 2 aromatic rings. The van der Waals surface area contributed by atoms with Crippen molar-refractivity contribution in [2.24, 2.45) is 0 Å². The van der Waals surface area contributed by atoms with Crippen LogP contribution in [0.3, 0.4) is 0 Å². The number of rotatable bonds is 4. The van der Waals surface area contributed by atoms with Gasteiger partial charge in [0, 0.05) is 11.8 Å². The topological polar surface area (TPSA) is 73.3 Å². The lowest BCUT2D eigenvalue weighted by Crippen LogP contribution is -2.08. The smallest absolute Gasteiger partial charge is 0.357 e. The average molecular weight is 259 g/mol. The molecule has 1 aromatic carbocycles. The van der Waals surface area contributed by atoms with E-state index in [1.54, 1.807) is 0 Å². The largest absolute Gasteiger partial charge is 0.481 e. The quantitative estimate of drug-likeness (QED) is 0.847. The van der Waals surface area contributed by atoms with Crippen LogP contribution in [0.4, 0.5) is 11.6 Å². The van der Waals surface area contributed by atoms with Crippen LogP contribution in [-0.4, -0.2) is 30.2 Å². The van der Waals surface area contributed by atoms with E-state index in [-0.39, 0.29) is 17.5 Å². The first-order valence-corrected chi connectivity index (χ1v) is 5.56. The highest BCUT2D eigenvalue weighted by atomic mass is 16.5. The average Bonchev–Trinajstić information content (AvgIpc) is 2.47. The second kappa shape index (κ2) is 5.81. The van der Waals surface area contributed by atoms with E-state index in [0.29, 0.717) is 0 Å². The maximum absolute atomic E-state index is 11.5. The molecule has 0 spiro atoms. The van der Waals surface area contributed by atoms with E-state index >= 15 is 0 Å². The van der Waals surface area contributed by atoms with E-state index < -0.39 is 5.97 Å². The van der Waals surface area contributed by atoms with Crippen LogP contribution in [0.1, 0.15) is 10.5 Å². The van der Waals surface area contributed by atoms with Gasteiger partial charge >= 0.3 is 5.97 Å². The van der Waals surface area contributed by atoms with E-state index in [1.165, 1.54) is 20.3 Å². The summed E-state index contributed by atoms with van der Waals surface area (Å²) < 4.78 is 9.66. The number of hydrogen-bond acceptors (Lipinski definition) is 6. The summed E-state index contributed by atoms with van der Waals surface area (Å²) >= 11 is 0. The van der Waals surface area contributed by atoms with Crippen molar-refractivity contribution in [1.82, 2.24) is 9.97 Å². The van der Waals surface area contributed by atoms with Gasteiger partial charge in [0.15, 0.2) is 5.69 Å². The van der Waals surface area contributed by atoms with E-state index in [2.05, 4.69) is 20.0 Å². The Morgan fingerprint density at radius 3 is 2.53 bits per heavy atom. The Kier molecular flexibility index (Phi) is 3.92. The zero-order chi connectivity index (χ0) is 13.7. The van der Waals surface area contributed by atoms with Gasteiger partial charge in [0.05, 0.1) is 14.2 Å². The van der Waals surface area contributed by atoms with Gasteiger partial charge in [-0.3, -0.25) is 0 Å². The molecule has 6 nitrogen and oxygen atoms in total. The first-order chi connectivity index (χ1) is 9.22. The molecule has 2 rings (SSSR count). The van der Waals surface area contributed by atoms with Gasteiger partial charge in [-0.25, -0.2) is 9.78 Å². The zero-order valence-electron chi connectivity index (χ0n) is 10.6. The fourth-order valence-electron chi connectivity index (χ4n) is 1.45. The van der Waals surface area contributed by atoms with Gasteiger partial charge in [0.2, 0.25) is 11.8 Å². The molecule has 98 valence electrons. The van der Waals surface area contributed by atoms with Crippen LogP contribution in [-0.2, 0) is 4.74 Å². The molecule has 0 aliphatic heterocycles. The number of hydrogen-bond donors (Lipinski definition) is 1. The number of aromatic nitrogens is 2. The summed E-state index contributed by atoms with van der Waals surface area (Å²) in [5.74, 6) is 0.0107. The second-order valence-electron chi connectivity index (χ2n) is 3.60. The number of esters is 1. The Bertz CT molecular complexity index is 573. The van der Waals surface area contributed by atoms with Gasteiger partial charge in [-0.05, 0) is 12.1 Å². The SMILES string of the molecule is COC(=O)c1cc(OC)nc(Nc2ccccc2)n1. The van der Waals surface area contributed by atoms with E-state index in [1.807, 2.05) is 30.3 Å². The Balaban J connectivity index is 2.32. The second-order valence-corrected chi connectivity index (χ2v) is 3.60. The third kappa shape index (κ3) is 3.19.